The van der Waals surface area contributed by atoms with Crippen LogP contribution in [0.25, 0.3) is 32.8 Å². The highest BCUT2D eigenvalue weighted by molar-refractivity contribution is 6.01. The van der Waals surface area contributed by atoms with Crippen LogP contribution in [0.1, 0.15) is 44.9 Å². The summed E-state index contributed by atoms with van der Waals surface area (Å²) in [6.07, 6.45) is 5.44. The van der Waals surface area contributed by atoms with Crippen molar-refractivity contribution in [2.45, 2.75) is 62.3 Å². The normalized spacial score (nSPS) is 25.0. The minimum absolute atomic E-state index is 0.0505. The number of alkyl halides is 1. The van der Waals surface area contributed by atoms with Crippen LogP contribution in [-0.4, -0.2) is 76.7 Å². The Morgan fingerprint density at radius 3 is 2.66 bits per heavy atom. The van der Waals surface area contributed by atoms with E-state index in [0.29, 0.717) is 41.6 Å². The van der Waals surface area contributed by atoms with Gasteiger partial charge in [0.1, 0.15) is 24.3 Å². The molecule has 0 radical (unpaired) electrons. The van der Waals surface area contributed by atoms with Crippen LogP contribution < -0.4 is 9.64 Å². The Morgan fingerprint density at radius 2 is 1.84 bits per heavy atom. The van der Waals surface area contributed by atoms with Gasteiger partial charge >= 0.3 is 6.01 Å². The van der Waals surface area contributed by atoms with Gasteiger partial charge in [0.25, 0.3) is 0 Å². The lowest BCUT2D eigenvalue weighted by Gasteiger charge is -2.39. The average Bonchev–Trinajstić information content (AvgIpc) is 3.72. The second kappa shape index (κ2) is 10.5. The summed E-state index contributed by atoms with van der Waals surface area (Å²) < 4.78 is 56.4. The topological polar surface area (TPSA) is 71.0 Å². The lowest BCUT2D eigenvalue weighted by atomic mass is 9.88. The molecular formula is C34H35F3N4O3. The van der Waals surface area contributed by atoms with Crippen LogP contribution in [0.2, 0.25) is 0 Å². The van der Waals surface area contributed by atoms with E-state index >= 15 is 4.39 Å². The summed E-state index contributed by atoms with van der Waals surface area (Å²) in [6, 6.07) is 11.1. The van der Waals surface area contributed by atoms with Crippen molar-refractivity contribution in [1.29, 1.82) is 0 Å². The number of ether oxygens (including phenoxy) is 2. The largest absolute Gasteiger partial charge is 0.508 e. The number of aromatic hydroxyl groups is 1. The molecule has 0 bridgehead atoms. The number of anilines is 1. The predicted molar refractivity (Wildman–Crippen MR) is 162 cm³/mol. The van der Waals surface area contributed by atoms with Gasteiger partial charge in [-0.05, 0) is 91.9 Å². The van der Waals surface area contributed by atoms with Gasteiger partial charge in [-0.1, -0.05) is 12.1 Å². The quantitative estimate of drug-likeness (QED) is 0.278. The van der Waals surface area contributed by atoms with Gasteiger partial charge in [0, 0.05) is 43.4 Å². The monoisotopic (exact) mass is 604 g/mol. The molecule has 3 aromatic carbocycles. The molecule has 230 valence electrons. The second-order valence-electron chi connectivity index (χ2n) is 13.0. The number of hydrogen-bond donors (Lipinski definition) is 1. The molecule has 5 heterocycles. The zero-order valence-electron chi connectivity index (χ0n) is 24.5. The number of piperidine rings is 1. The number of fused-ring (bicyclic) bond motifs is 3. The van der Waals surface area contributed by atoms with E-state index in [2.05, 4.69) is 9.80 Å². The average molecular weight is 605 g/mol. The van der Waals surface area contributed by atoms with Gasteiger partial charge in [-0.15, -0.1) is 0 Å². The van der Waals surface area contributed by atoms with E-state index in [-0.39, 0.29) is 28.3 Å². The third-order valence-corrected chi connectivity index (χ3v) is 10.3. The van der Waals surface area contributed by atoms with Gasteiger partial charge in [-0.3, -0.25) is 4.90 Å². The molecule has 0 aliphatic carbocycles. The first-order chi connectivity index (χ1) is 21.3. The van der Waals surface area contributed by atoms with Gasteiger partial charge in [-0.25, -0.2) is 13.2 Å². The lowest BCUT2D eigenvalue weighted by molar-refractivity contribution is -0.0146. The maximum atomic E-state index is 15.1. The summed E-state index contributed by atoms with van der Waals surface area (Å²) in [7, 11) is 0. The molecule has 0 amide bonds. The molecule has 4 saturated heterocycles. The summed E-state index contributed by atoms with van der Waals surface area (Å²) in [4.78, 5) is 14.2. The minimum atomic E-state index is -0.968. The smallest absolute Gasteiger partial charge is 0.319 e. The Bertz CT molecular complexity index is 1750. The molecule has 4 fully saturated rings. The summed E-state index contributed by atoms with van der Waals surface area (Å²) in [5, 5.41) is 11.7. The highest BCUT2D eigenvalue weighted by atomic mass is 19.2. The number of phenols is 1. The summed E-state index contributed by atoms with van der Waals surface area (Å²) in [6.45, 7) is 3.96. The fourth-order valence-electron chi connectivity index (χ4n) is 8.10. The third-order valence-electron chi connectivity index (χ3n) is 10.3. The maximum absolute atomic E-state index is 15.1. The van der Waals surface area contributed by atoms with Crippen LogP contribution in [-0.2, 0) is 4.74 Å². The molecule has 4 aromatic rings. The van der Waals surface area contributed by atoms with Crippen LogP contribution in [0.4, 0.5) is 19.0 Å². The number of halogens is 3. The SMILES string of the molecule is Oc1cc(-c2ccc3c(N4CCC5(CCCO5)CC4)nc(OC[C@@]45CCCN4C[C@H](F)C5)nc3c2)c2c(F)c(F)ccc2c1. The van der Waals surface area contributed by atoms with Crippen molar-refractivity contribution in [1.82, 2.24) is 14.9 Å². The summed E-state index contributed by atoms with van der Waals surface area (Å²) in [5.41, 5.74) is 1.12. The fourth-order valence-corrected chi connectivity index (χ4v) is 8.10. The number of rotatable bonds is 5. The molecular weight excluding hydrogens is 569 g/mol. The molecule has 4 aliphatic heterocycles. The highest BCUT2D eigenvalue weighted by Gasteiger charge is 2.49. The standard InChI is InChI=1S/C34H35F3N4O3/c35-23-18-33(7-1-11-41(33)19-23)20-43-32-38-28-16-21(26-17-24(42)15-22-4-6-27(36)30(37)29(22)26)3-5-25(28)31(39-32)40-12-9-34(10-13-40)8-2-14-44-34/h3-6,15-17,23,42H,1-2,7-14,18-20H2/t23-,33+/m1/s1. The zero-order valence-corrected chi connectivity index (χ0v) is 24.5. The highest BCUT2D eigenvalue weighted by Crippen LogP contribution is 2.42. The third kappa shape index (κ3) is 4.65. The molecule has 1 spiro atoms. The van der Waals surface area contributed by atoms with Crippen molar-refractivity contribution in [3.8, 4) is 22.9 Å². The Labute approximate surface area is 253 Å². The van der Waals surface area contributed by atoms with E-state index in [1.807, 2.05) is 18.2 Å². The van der Waals surface area contributed by atoms with Gasteiger partial charge < -0.3 is 19.5 Å². The molecule has 8 rings (SSSR count). The van der Waals surface area contributed by atoms with E-state index in [1.54, 1.807) is 0 Å². The summed E-state index contributed by atoms with van der Waals surface area (Å²) in [5.74, 6) is -1.23. The number of benzene rings is 3. The number of aromatic nitrogens is 2. The van der Waals surface area contributed by atoms with E-state index in [0.717, 1.165) is 82.0 Å². The second-order valence-corrected chi connectivity index (χ2v) is 13.0. The number of nitrogens with zero attached hydrogens (tertiary/aromatic N) is 4. The van der Waals surface area contributed by atoms with Crippen molar-refractivity contribution in [3.05, 3.63) is 54.1 Å². The first-order valence-electron chi connectivity index (χ1n) is 15.7. The van der Waals surface area contributed by atoms with Crippen LogP contribution in [0.5, 0.6) is 11.8 Å². The lowest BCUT2D eigenvalue weighted by Crippen LogP contribution is -2.44. The zero-order chi connectivity index (χ0) is 30.1. The molecule has 0 unspecified atom stereocenters. The van der Waals surface area contributed by atoms with Crippen molar-refractivity contribution < 1.29 is 27.8 Å². The Kier molecular flexibility index (Phi) is 6.64. The summed E-state index contributed by atoms with van der Waals surface area (Å²) >= 11 is 0. The van der Waals surface area contributed by atoms with Gasteiger partial charge in [0.15, 0.2) is 11.6 Å². The van der Waals surface area contributed by atoms with Crippen LogP contribution in [0.15, 0.2) is 42.5 Å². The molecule has 2 atom stereocenters. The van der Waals surface area contributed by atoms with E-state index < -0.39 is 17.8 Å². The van der Waals surface area contributed by atoms with Crippen LogP contribution in [0, 0.1) is 11.6 Å². The molecule has 0 saturated carbocycles. The van der Waals surface area contributed by atoms with Crippen molar-refractivity contribution in [2.75, 3.05) is 44.3 Å². The van der Waals surface area contributed by atoms with E-state index in [4.69, 9.17) is 19.4 Å². The molecule has 10 heteroatoms. The first kappa shape index (κ1) is 27.9. The van der Waals surface area contributed by atoms with E-state index in [1.165, 1.54) is 18.2 Å². The number of hydrogen-bond acceptors (Lipinski definition) is 7. The minimum Gasteiger partial charge on any atom is -0.508 e. The van der Waals surface area contributed by atoms with Gasteiger partial charge in [0.05, 0.1) is 16.7 Å². The predicted octanol–water partition coefficient (Wildman–Crippen LogP) is 6.54. The van der Waals surface area contributed by atoms with E-state index in [9.17, 15) is 13.9 Å². The maximum Gasteiger partial charge on any atom is 0.319 e. The molecule has 7 nitrogen and oxygen atoms in total. The molecule has 4 aliphatic rings. The van der Waals surface area contributed by atoms with Crippen LogP contribution in [0.3, 0.4) is 0 Å². The fraction of sp³-hybridized carbons (Fsp3) is 0.471. The first-order valence-corrected chi connectivity index (χ1v) is 15.7. The Hall–Kier alpha value is -3.63. The van der Waals surface area contributed by atoms with Crippen molar-refractivity contribution in [3.63, 3.8) is 0 Å². The van der Waals surface area contributed by atoms with Gasteiger partial charge in [-0.2, -0.15) is 9.97 Å². The Balaban J connectivity index is 1.20. The molecule has 1 N–H and O–H groups in total. The Morgan fingerprint density at radius 1 is 0.977 bits per heavy atom. The van der Waals surface area contributed by atoms with Crippen LogP contribution >= 0.6 is 0 Å². The van der Waals surface area contributed by atoms with Crippen molar-refractivity contribution >= 4 is 27.5 Å². The van der Waals surface area contributed by atoms with Gasteiger partial charge in [0.2, 0.25) is 0 Å². The number of phenolic OH excluding ortho intramolecular Hbond substituents is 1. The molecule has 1 aromatic heterocycles. The molecule has 44 heavy (non-hydrogen) atoms. The van der Waals surface area contributed by atoms with Crippen molar-refractivity contribution in [2.24, 2.45) is 0 Å².